The molecule has 0 aromatic carbocycles. The smallest absolute Gasteiger partial charge is 0.356 e. The van der Waals surface area contributed by atoms with Gasteiger partial charge in [-0.2, -0.15) is 25.5 Å². The number of amides is 2. The number of carboxylic acid groups (broad SMARTS) is 1. The highest BCUT2D eigenvalue weighted by Crippen LogP contribution is 2.37. The number of aromatic carboxylic acids is 1. The highest BCUT2D eigenvalue weighted by atomic mass is 35.5. The third kappa shape index (κ3) is 25.5. The fraction of sp³-hybridized carbons (Fsp3) is 0.370. The molecule has 3 unspecified atom stereocenters. The van der Waals surface area contributed by atoms with Gasteiger partial charge in [0.1, 0.15) is 51.9 Å². The largest absolute Gasteiger partial charge is 0.476 e. The second-order valence-electron chi connectivity index (χ2n) is 34.6. The average molecular weight is 2050 g/mol. The molecule has 2 amide bonds. The van der Waals surface area contributed by atoms with E-state index in [1.54, 1.807) is 91.0 Å². The van der Waals surface area contributed by atoms with Crippen LogP contribution < -0.4 is 38.7 Å². The Hall–Kier alpha value is -14.2. The number of rotatable bonds is 23. The molecule has 0 radical (unpaired) electrons. The van der Waals surface area contributed by atoms with Crippen LogP contribution in [0, 0.1) is 18.8 Å². The number of fused-ring (bicyclic) bond motifs is 5. The summed E-state index contributed by atoms with van der Waals surface area (Å²) < 4.78 is 167. The SMILES string of the molecule is CC(=O)N1CCN(c2cc(-c3cnc4ccc(C(=O)O)nn34)ccn2)CC1.CC(=O)N1CCN(c2cccc(-c3cnc4ccc(C(F)F)nn34)n2)CC1.CS(=O)(=O)NCC1CCCN(c2cc(-c3cnc4ccc(C(F)F)nn34)c(Cl)cn2)C1.CS(=O)(=O)NCC1CN(c2cc(-c3cnc4cccnn34)ccn2)CCO1.Cc1cnc(N2CCCC(CNS(C)(=O)=O)C2)cc1-c1cnc2ccc(C(F)F)nn12. The number of hydrogen-bond donors (Lipinski definition) is 4. The van der Waals surface area contributed by atoms with Gasteiger partial charge in [-0.3, -0.25) is 9.59 Å². The van der Waals surface area contributed by atoms with Crippen molar-refractivity contribution in [3.63, 3.8) is 0 Å². The normalized spacial score (nSPS) is 16.6. The van der Waals surface area contributed by atoms with Gasteiger partial charge >= 0.3 is 5.97 Å². The topological polar surface area (TPSA) is 457 Å². The van der Waals surface area contributed by atoms with E-state index in [0.717, 1.165) is 114 Å². The van der Waals surface area contributed by atoms with Crippen molar-refractivity contribution >= 4 is 117 Å². The summed E-state index contributed by atoms with van der Waals surface area (Å²) in [6, 6.07) is 32.1. The summed E-state index contributed by atoms with van der Waals surface area (Å²) >= 11 is 6.38. The van der Waals surface area contributed by atoms with Crippen molar-refractivity contribution < 1.29 is 75.8 Å². The lowest BCUT2D eigenvalue weighted by molar-refractivity contribution is -0.129. The van der Waals surface area contributed by atoms with Gasteiger partial charge in [0, 0.05) is 178 Å². The molecule has 20 rings (SSSR count). The highest BCUT2D eigenvalue weighted by Gasteiger charge is 2.31. The van der Waals surface area contributed by atoms with Gasteiger partial charge in [0.2, 0.25) is 41.9 Å². The van der Waals surface area contributed by atoms with E-state index in [0.29, 0.717) is 166 Å². The quantitative estimate of drug-likeness (QED) is 0.0432. The molecule has 3 atom stereocenters. The Labute approximate surface area is 821 Å². The Bertz CT molecular complexity index is 7290. The minimum Gasteiger partial charge on any atom is -0.476 e. The summed E-state index contributed by atoms with van der Waals surface area (Å²) in [4.78, 5) is 92.3. The van der Waals surface area contributed by atoms with Gasteiger partial charge in [0.15, 0.2) is 33.9 Å². The van der Waals surface area contributed by atoms with Crippen LogP contribution in [0.4, 0.5) is 55.4 Å². The number of carbonyl (C=O) groups excluding carboxylic acids is 2. The lowest BCUT2D eigenvalue weighted by Crippen LogP contribution is -2.48. The zero-order chi connectivity index (χ0) is 101. The molecular formula is C92H101ClF6N30O11S3. The Kier molecular flexibility index (Phi) is 31.7. The molecule has 15 aromatic heterocycles. The fourth-order valence-corrected chi connectivity index (χ4v) is 18.7. The maximum absolute atomic E-state index is 13.1. The van der Waals surface area contributed by atoms with Crippen LogP contribution >= 0.6 is 11.6 Å². The molecule has 5 saturated heterocycles. The number of carboxylic acids is 1. The van der Waals surface area contributed by atoms with Crippen LogP contribution in [-0.4, -0.2) is 299 Å². The van der Waals surface area contributed by atoms with Crippen molar-refractivity contribution in [2.75, 3.05) is 161 Å². The summed E-state index contributed by atoms with van der Waals surface area (Å²) in [5, 5.41) is 30.1. The van der Waals surface area contributed by atoms with Crippen LogP contribution in [-0.2, 0) is 44.4 Å². The molecule has 0 bridgehead atoms. The Morgan fingerprint density at radius 1 is 0.427 bits per heavy atom. The van der Waals surface area contributed by atoms with Crippen LogP contribution in [0.5, 0.6) is 0 Å². The molecule has 5 aliphatic heterocycles. The van der Waals surface area contributed by atoms with E-state index in [-0.39, 0.29) is 59.1 Å². The number of carbonyl (C=O) groups is 3. The second kappa shape index (κ2) is 44.5. The summed E-state index contributed by atoms with van der Waals surface area (Å²) in [5.41, 5.74) is 9.65. The number of ether oxygens (including phenoxy) is 1. The van der Waals surface area contributed by atoms with Gasteiger partial charge in [0.25, 0.3) is 19.3 Å². The number of sulfonamides is 3. The number of pyridine rings is 5. The zero-order valence-corrected chi connectivity index (χ0v) is 81.4. The zero-order valence-electron chi connectivity index (χ0n) is 78.2. The standard InChI is InChI=1S/C20H24F2N6O2S.C19H21ClF2N6O2S.C18H18F2N6O.C18H18N6O3.C17H20N6O3S/c1-13-9-23-19(27-7-3-4-14(12-27)10-25-31(2,29)30)8-15(13)17-11-24-18-6-5-16(20(21)22)26-28(17)18;1-31(29,30)25-8-12-3-2-6-27(11-12)18-7-13(14(20)9-23-18)16-10-24-17-5-4-15(19(21)22)26-28(16)17;1-12(27)24-7-9-25(10-8-24)17-4-2-3-13(22-17)15-11-21-16-6-5-14(18(19)20)23-26(15)16;1-12(25)22-6-8-23(9-7-22)17-10-13(4-5-19-17)15-11-20-16-3-2-14(18(26)27)21-24(15)16;1-27(24,25)21-10-14-12-22(7-8-26-14)17-9-13(4-6-18-17)15-11-19-16-3-2-5-20-23(15)16/h5-6,8-9,11,14,20,25H,3-4,7,10,12H2,1-2H3;4-5,7,9-10,12,19,25H,2-3,6,8,11H2,1H3;2-6,11,18H,7-10H2,1H3;2-5,10-11H,6-9H2,1H3,(H,26,27);2-6,9,11,14,21H,7-8,10,12H2,1H3. The maximum atomic E-state index is 13.1. The molecule has 5 aliphatic rings. The molecule has 4 N–H and O–H groups in total. The minimum atomic E-state index is -3.25. The lowest BCUT2D eigenvalue weighted by atomic mass is 9.98. The lowest BCUT2D eigenvalue weighted by Gasteiger charge is -2.35. The van der Waals surface area contributed by atoms with Crippen molar-refractivity contribution in [1.29, 1.82) is 0 Å². The Morgan fingerprint density at radius 3 is 1.36 bits per heavy atom. The van der Waals surface area contributed by atoms with Gasteiger partial charge in [-0.1, -0.05) is 17.7 Å². The number of aryl methyl sites for hydroxylation is 1. The summed E-state index contributed by atoms with van der Waals surface area (Å²) in [6.45, 7) is 16.1. The Morgan fingerprint density at radius 2 is 0.853 bits per heavy atom. The molecule has 0 aliphatic carbocycles. The predicted octanol–water partition coefficient (Wildman–Crippen LogP) is 10.1. The molecule has 5 fully saturated rings. The number of morpholine rings is 1. The monoisotopic (exact) mass is 2050 g/mol. The number of halogens is 7. The third-order valence-corrected chi connectivity index (χ3v) is 26.7. The molecule has 752 valence electrons. The van der Waals surface area contributed by atoms with Crippen LogP contribution in [0.25, 0.3) is 84.7 Å². The molecule has 20 heterocycles. The number of aromatic nitrogens is 20. The third-order valence-electron chi connectivity index (χ3n) is 24.3. The van der Waals surface area contributed by atoms with Gasteiger partial charge in [-0.05, 0) is 159 Å². The molecule has 0 saturated carbocycles. The molecule has 51 heteroatoms. The van der Waals surface area contributed by atoms with Crippen molar-refractivity contribution in [2.24, 2.45) is 11.8 Å². The predicted molar refractivity (Wildman–Crippen MR) is 522 cm³/mol. The van der Waals surface area contributed by atoms with Crippen molar-refractivity contribution in [2.45, 2.75) is 71.8 Å². The maximum Gasteiger partial charge on any atom is 0.356 e. The van der Waals surface area contributed by atoms with E-state index >= 15 is 0 Å². The number of piperidine rings is 2. The average Bonchev–Trinajstić information content (AvgIpc) is 1.68. The number of nitrogens with zero attached hydrogens (tertiary/aromatic N) is 27. The Balaban J connectivity index is 0.000000129. The molecular weight excluding hydrogens is 1950 g/mol. The minimum absolute atomic E-state index is 0.0450. The van der Waals surface area contributed by atoms with Crippen LogP contribution in [0.2, 0.25) is 5.02 Å². The number of piperazine rings is 2. The van der Waals surface area contributed by atoms with Crippen LogP contribution in [0.15, 0.2) is 177 Å². The molecule has 0 spiro atoms. The molecule has 41 nitrogen and oxygen atoms in total. The summed E-state index contributed by atoms with van der Waals surface area (Å²) in [7, 11) is -9.73. The van der Waals surface area contributed by atoms with E-state index in [9.17, 15) is 71.1 Å². The number of nitrogens with one attached hydrogen (secondary N) is 3. The second-order valence-corrected chi connectivity index (χ2v) is 40.5. The summed E-state index contributed by atoms with van der Waals surface area (Å²) in [6.07, 6.45) is 15.5. The van der Waals surface area contributed by atoms with Crippen molar-refractivity contribution in [3.05, 3.63) is 211 Å². The van der Waals surface area contributed by atoms with Gasteiger partial charge in [-0.15, -0.1) is 0 Å². The number of anilines is 5. The number of hydrogen-bond acceptors (Lipinski definition) is 30. The number of imidazole rings is 5. The van der Waals surface area contributed by atoms with Crippen LogP contribution in [0.1, 0.15) is 91.9 Å². The van der Waals surface area contributed by atoms with E-state index in [2.05, 4.69) is 114 Å². The van der Waals surface area contributed by atoms with Gasteiger partial charge < -0.3 is 44.1 Å². The first kappa shape index (κ1) is 102. The van der Waals surface area contributed by atoms with Crippen molar-refractivity contribution in [3.8, 4) is 56.4 Å². The molecule has 143 heavy (non-hydrogen) atoms. The first-order chi connectivity index (χ1) is 68.5. The van der Waals surface area contributed by atoms with E-state index in [1.165, 1.54) is 72.9 Å². The number of alkyl halides is 6. The van der Waals surface area contributed by atoms with E-state index in [4.69, 9.17) is 16.3 Å². The van der Waals surface area contributed by atoms with E-state index in [1.807, 2.05) is 66.4 Å². The molecule has 15 aromatic rings. The summed E-state index contributed by atoms with van der Waals surface area (Å²) in [5.74, 6) is 3.21. The van der Waals surface area contributed by atoms with Gasteiger partial charge in [-0.25, -0.2) is 143 Å². The van der Waals surface area contributed by atoms with Crippen molar-refractivity contribution in [1.82, 2.24) is 122 Å². The first-order valence-corrected chi connectivity index (χ1v) is 51.5. The highest BCUT2D eigenvalue weighted by molar-refractivity contribution is 7.89. The van der Waals surface area contributed by atoms with E-state index < -0.39 is 55.3 Å². The van der Waals surface area contributed by atoms with Gasteiger partial charge in [0.05, 0.1) is 96.0 Å². The fourth-order valence-electron chi connectivity index (χ4n) is 17.0. The first-order valence-electron chi connectivity index (χ1n) is 45.5. The van der Waals surface area contributed by atoms with Crippen LogP contribution in [0.3, 0.4) is 0 Å².